The molecule has 178 valence electrons. The van der Waals surface area contributed by atoms with E-state index in [0.29, 0.717) is 24.7 Å². The van der Waals surface area contributed by atoms with Gasteiger partial charge in [-0.05, 0) is 48.3 Å². The molecule has 4 unspecified atom stereocenters. The summed E-state index contributed by atoms with van der Waals surface area (Å²) in [5.74, 6) is 0.881. The lowest BCUT2D eigenvalue weighted by molar-refractivity contribution is -0.220. The standard InChI is InChI=1S/C22H40Cl2O6/c1-9-15(21(3,4)5)11-13-17(23)27-19(25)29-30-20(26)28-18(24)14-12-16(10-2)22(6,7)8/h15-18H,9-14H2,1-8H3. The van der Waals surface area contributed by atoms with Gasteiger partial charge in [-0.1, -0.05) is 91.4 Å². The highest BCUT2D eigenvalue weighted by molar-refractivity contribution is 6.20. The number of rotatable bonds is 10. The van der Waals surface area contributed by atoms with Crippen molar-refractivity contribution in [2.75, 3.05) is 0 Å². The van der Waals surface area contributed by atoms with E-state index in [-0.39, 0.29) is 10.8 Å². The Labute approximate surface area is 192 Å². The van der Waals surface area contributed by atoms with Crippen molar-refractivity contribution in [3.05, 3.63) is 0 Å². The first kappa shape index (κ1) is 29.1. The summed E-state index contributed by atoms with van der Waals surface area (Å²) in [5, 5.41) is 0. The molecule has 0 N–H and O–H groups in total. The summed E-state index contributed by atoms with van der Waals surface area (Å²) < 4.78 is 9.77. The highest BCUT2D eigenvalue weighted by atomic mass is 35.5. The minimum atomic E-state index is -1.21. The number of alkyl halides is 2. The quantitative estimate of drug-likeness (QED) is 0.139. The topological polar surface area (TPSA) is 71.1 Å². The van der Waals surface area contributed by atoms with Crippen LogP contribution in [0.25, 0.3) is 0 Å². The molecule has 0 spiro atoms. The van der Waals surface area contributed by atoms with Crippen molar-refractivity contribution >= 4 is 35.5 Å². The van der Waals surface area contributed by atoms with Gasteiger partial charge < -0.3 is 9.47 Å². The van der Waals surface area contributed by atoms with Gasteiger partial charge in [0.15, 0.2) is 11.1 Å². The molecule has 0 fully saturated rings. The smallest absolute Gasteiger partial charge is 0.412 e. The third kappa shape index (κ3) is 12.7. The monoisotopic (exact) mass is 470 g/mol. The second-order valence-electron chi connectivity index (χ2n) is 9.82. The van der Waals surface area contributed by atoms with Crippen LogP contribution in [0, 0.1) is 22.7 Å². The van der Waals surface area contributed by atoms with Gasteiger partial charge in [0.2, 0.25) is 0 Å². The minimum absolute atomic E-state index is 0.140. The van der Waals surface area contributed by atoms with Gasteiger partial charge in [0.25, 0.3) is 0 Å². The fraction of sp³-hybridized carbons (Fsp3) is 0.909. The fourth-order valence-corrected chi connectivity index (χ4v) is 3.99. The van der Waals surface area contributed by atoms with Crippen molar-refractivity contribution in [1.29, 1.82) is 0 Å². The van der Waals surface area contributed by atoms with E-state index < -0.39 is 23.4 Å². The van der Waals surface area contributed by atoms with Crippen LogP contribution in [0.4, 0.5) is 9.59 Å². The van der Waals surface area contributed by atoms with E-state index in [1.54, 1.807) is 0 Å². The molecule has 0 bridgehead atoms. The number of ether oxygens (including phenoxy) is 2. The molecule has 30 heavy (non-hydrogen) atoms. The van der Waals surface area contributed by atoms with E-state index in [2.05, 4.69) is 65.2 Å². The number of halogens is 2. The zero-order valence-corrected chi connectivity index (χ0v) is 21.3. The van der Waals surface area contributed by atoms with Crippen molar-refractivity contribution in [3.63, 3.8) is 0 Å². The molecule has 0 rings (SSSR count). The first-order valence-corrected chi connectivity index (χ1v) is 11.6. The molecule has 8 heteroatoms. The molecule has 0 aromatic carbocycles. The third-order valence-electron chi connectivity index (χ3n) is 5.55. The fourth-order valence-electron chi connectivity index (χ4n) is 3.60. The van der Waals surface area contributed by atoms with Crippen LogP contribution in [0.5, 0.6) is 0 Å². The van der Waals surface area contributed by atoms with Crippen LogP contribution in [0.3, 0.4) is 0 Å². The molecule has 0 aromatic rings. The Morgan fingerprint density at radius 2 is 0.967 bits per heavy atom. The molecule has 0 heterocycles. The summed E-state index contributed by atoms with van der Waals surface area (Å²) in [6.45, 7) is 17.2. The van der Waals surface area contributed by atoms with Gasteiger partial charge in [-0.15, -0.1) is 0 Å². The molecule has 0 aromatic heterocycles. The second kappa shape index (κ2) is 13.5. The average molecular weight is 471 g/mol. The largest absolute Gasteiger partial charge is 0.551 e. The predicted molar refractivity (Wildman–Crippen MR) is 119 cm³/mol. The second-order valence-corrected chi connectivity index (χ2v) is 10.8. The van der Waals surface area contributed by atoms with Crippen LogP contribution >= 0.6 is 23.2 Å². The van der Waals surface area contributed by atoms with Crippen molar-refractivity contribution < 1.29 is 28.8 Å². The molecule has 6 nitrogen and oxygen atoms in total. The summed E-state index contributed by atoms with van der Waals surface area (Å²) in [4.78, 5) is 31.8. The summed E-state index contributed by atoms with van der Waals surface area (Å²) in [5.41, 5.74) is -1.47. The molecule has 4 atom stereocenters. The highest BCUT2D eigenvalue weighted by Gasteiger charge is 2.26. The lowest BCUT2D eigenvalue weighted by Crippen LogP contribution is -2.23. The highest BCUT2D eigenvalue weighted by Crippen LogP contribution is 2.34. The Morgan fingerprint density at radius 3 is 1.20 bits per heavy atom. The maximum Gasteiger partial charge on any atom is 0.551 e. The Morgan fingerprint density at radius 1 is 0.667 bits per heavy atom. The lowest BCUT2D eigenvalue weighted by Gasteiger charge is -2.30. The Kier molecular flexibility index (Phi) is 13.1. The molecular weight excluding hydrogens is 431 g/mol. The van der Waals surface area contributed by atoms with Gasteiger partial charge in [-0.3, -0.25) is 0 Å². The van der Waals surface area contributed by atoms with Crippen LogP contribution in [0.2, 0.25) is 0 Å². The van der Waals surface area contributed by atoms with Gasteiger partial charge in [0, 0.05) is 0 Å². The van der Waals surface area contributed by atoms with Crippen molar-refractivity contribution in [1.82, 2.24) is 0 Å². The van der Waals surface area contributed by atoms with E-state index in [4.69, 9.17) is 32.7 Å². The molecule has 0 aliphatic heterocycles. The Balaban J connectivity index is 4.19. The predicted octanol–water partition coefficient (Wildman–Crippen LogP) is 8.04. The minimum Gasteiger partial charge on any atom is -0.412 e. The van der Waals surface area contributed by atoms with Crippen molar-refractivity contribution in [2.24, 2.45) is 22.7 Å². The maximum absolute atomic E-state index is 11.6. The summed E-state index contributed by atoms with van der Waals surface area (Å²) in [6.07, 6.45) is 2.11. The van der Waals surface area contributed by atoms with Gasteiger partial charge >= 0.3 is 12.3 Å². The first-order chi connectivity index (χ1) is 13.7. The van der Waals surface area contributed by atoms with Gasteiger partial charge in [0.05, 0.1) is 0 Å². The number of hydrogen-bond acceptors (Lipinski definition) is 6. The van der Waals surface area contributed by atoms with E-state index in [0.717, 1.165) is 25.7 Å². The van der Waals surface area contributed by atoms with Gasteiger partial charge in [-0.2, -0.15) is 19.4 Å². The molecule has 0 saturated heterocycles. The van der Waals surface area contributed by atoms with Crippen molar-refractivity contribution in [3.8, 4) is 0 Å². The molecule has 0 radical (unpaired) electrons. The molecule has 0 aliphatic rings. The number of hydrogen-bond donors (Lipinski definition) is 0. The maximum atomic E-state index is 11.6. The van der Waals surface area contributed by atoms with Crippen LogP contribution in [-0.4, -0.2) is 23.4 Å². The normalized spacial score (nSPS) is 16.2. The SMILES string of the molecule is CCC(CCC(Cl)OC(=O)OOC(=O)OC(Cl)CCC(CC)C(C)(C)C)C(C)(C)C. The van der Waals surface area contributed by atoms with Crippen LogP contribution in [-0.2, 0) is 19.2 Å². The van der Waals surface area contributed by atoms with E-state index >= 15 is 0 Å². The molecule has 0 saturated carbocycles. The van der Waals surface area contributed by atoms with Crippen LogP contribution in [0.1, 0.15) is 93.9 Å². The summed E-state index contributed by atoms with van der Waals surface area (Å²) in [6, 6.07) is 0. The van der Waals surface area contributed by atoms with Crippen molar-refractivity contribution in [2.45, 2.75) is 105 Å². The molecule has 0 amide bonds. The van der Waals surface area contributed by atoms with E-state index in [1.807, 2.05) is 0 Å². The zero-order valence-electron chi connectivity index (χ0n) is 19.8. The number of carbonyl (C=O) groups excluding carboxylic acids is 2. The number of carbonyl (C=O) groups is 2. The van der Waals surface area contributed by atoms with Gasteiger partial charge in [0.1, 0.15) is 0 Å². The Hall–Kier alpha value is -0.880. The zero-order chi connectivity index (χ0) is 23.5. The van der Waals surface area contributed by atoms with E-state index in [9.17, 15) is 9.59 Å². The average Bonchev–Trinajstić information content (AvgIpc) is 2.58. The lowest BCUT2D eigenvalue weighted by atomic mass is 9.77. The first-order valence-electron chi connectivity index (χ1n) is 10.7. The molecule has 0 aliphatic carbocycles. The Bertz CT molecular complexity index is 467. The third-order valence-corrected chi connectivity index (χ3v) is 6.16. The molecular formula is C22H40Cl2O6. The van der Waals surface area contributed by atoms with E-state index in [1.165, 1.54) is 0 Å². The van der Waals surface area contributed by atoms with Crippen LogP contribution < -0.4 is 0 Å². The van der Waals surface area contributed by atoms with Crippen LogP contribution in [0.15, 0.2) is 0 Å². The van der Waals surface area contributed by atoms with Gasteiger partial charge in [-0.25, -0.2) is 0 Å². The summed E-state index contributed by atoms with van der Waals surface area (Å²) in [7, 11) is 0. The summed E-state index contributed by atoms with van der Waals surface area (Å²) >= 11 is 12.1.